The van der Waals surface area contributed by atoms with Crippen LogP contribution in [0.25, 0.3) is 0 Å². The minimum atomic E-state index is 0.266. The smallest absolute Gasteiger partial charge is 0.138 e. The molecular weight excluding hydrogens is 550 g/mol. The van der Waals surface area contributed by atoms with Gasteiger partial charge in [0, 0.05) is 13.2 Å². The van der Waals surface area contributed by atoms with Crippen LogP contribution in [-0.2, 0) is 9.47 Å². The Bertz CT molecular complexity index is 677. The molecule has 0 saturated carbocycles. The van der Waals surface area contributed by atoms with Gasteiger partial charge in [-0.25, -0.2) is 0 Å². The number of nitrogens with zero attached hydrogens (tertiary/aromatic N) is 1. The second-order valence-electron chi connectivity index (χ2n) is 14.3. The monoisotopic (exact) mass is 629 g/mol. The lowest BCUT2D eigenvalue weighted by Gasteiger charge is -2.22. The molecular formula is C42H78NO2+. The van der Waals surface area contributed by atoms with Crippen LogP contribution in [0.15, 0.2) is 48.6 Å². The van der Waals surface area contributed by atoms with Gasteiger partial charge in [0.05, 0.1) is 14.1 Å². The van der Waals surface area contributed by atoms with E-state index >= 15 is 0 Å². The van der Waals surface area contributed by atoms with Crippen LogP contribution in [0.3, 0.4) is 0 Å². The van der Waals surface area contributed by atoms with E-state index < -0.39 is 0 Å². The fourth-order valence-electron chi connectivity index (χ4n) is 6.25. The Kier molecular flexibility index (Phi) is 29.2. The largest absolute Gasteiger partial charge is 0.369 e. The summed E-state index contributed by atoms with van der Waals surface area (Å²) in [6, 6.07) is 0. The van der Waals surface area contributed by atoms with E-state index in [4.69, 9.17) is 9.47 Å². The SMILES string of the molecule is CCCCC/C=C\C/C=C\CCCCCCCCOC1C[N+](C)(C)C[C@@H]1OCCCCCCCC/C=C\C/C=C\CCCCC. The molecule has 1 heterocycles. The zero-order valence-electron chi connectivity index (χ0n) is 30.8. The molecule has 45 heavy (non-hydrogen) atoms. The van der Waals surface area contributed by atoms with E-state index in [2.05, 4.69) is 76.6 Å². The van der Waals surface area contributed by atoms with E-state index in [1.807, 2.05) is 0 Å². The van der Waals surface area contributed by atoms with Crippen LogP contribution < -0.4 is 0 Å². The number of likely N-dealkylation sites (tertiary alicyclic amines) is 1. The van der Waals surface area contributed by atoms with Gasteiger partial charge in [-0.3, -0.25) is 0 Å². The van der Waals surface area contributed by atoms with Crippen molar-refractivity contribution in [3.05, 3.63) is 48.6 Å². The molecule has 0 bridgehead atoms. The van der Waals surface area contributed by atoms with Crippen LogP contribution in [0.2, 0.25) is 0 Å². The number of allylic oxidation sites excluding steroid dienone is 8. The number of quaternary nitrogens is 1. The summed E-state index contributed by atoms with van der Waals surface area (Å²) in [7, 11) is 4.64. The first-order valence-corrected chi connectivity index (χ1v) is 19.7. The fraction of sp³-hybridized carbons (Fsp3) is 0.810. The van der Waals surface area contributed by atoms with Crippen LogP contribution in [0, 0.1) is 0 Å². The number of hydrogen-bond acceptors (Lipinski definition) is 2. The van der Waals surface area contributed by atoms with Gasteiger partial charge in [0.2, 0.25) is 0 Å². The lowest BCUT2D eigenvalue weighted by atomic mass is 10.1. The van der Waals surface area contributed by atoms with E-state index in [9.17, 15) is 0 Å². The Labute approximate surface area is 282 Å². The van der Waals surface area contributed by atoms with Crippen molar-refractivity contribution in [2.24, 2.45) is 0 Å². The van der Waals surface area contributed by atoms with Crippen molar-refractivity contribution in [1.29, 1.82) is 0 Å². The van der Waals surface area contributed by atoms with Gasteiger partial charge in [-0.15, -0.1) is 0 Å². The van der Waals surface area contributed by atoms with Crippen molar-refractivity contribution in [3.8, 4) is 0 Å². The molecule has 0 aromatic rings. The van der Waals surface area contributed by atoms with Crippen LogP contribution in [-0.4, -0.2) is 57.1 Å². The summed E-state index contributed by atoms with van der Waals surface area (Å²) in [6.07, 6.45) is 50.3. The maximum Gasteiger partial charge on any atom is 0.138 e. The average molecular weight is 629 g/mol. The third-order valence-electron chi connectivity index (χ3n) is 9.12. The molecule has 0 radical (unpaired) electrons. The molecule has 262 valence electrons. The highest BCUT2D eigenvalue weighted by Gasteiger charge is 2.41. The van der Waals surface area contributed by atoms with Crippen molar-refractivity contribution in [2.45, 2.75) is 180 Å². The number of rotatable bonds is 32. The molecule has 3 heteroatoms. The van der Waals surface area contributed by atoms with Crippen LogP contribution in [0.5, 0.6) is 0 Å². The predicted molar refractivity (Wildman–Crippen MR) is 200 cm³/mol. The Hall–Kier alpha value is -1.16. The molecule has 1 saturated heterocycles. The molecule has 2 atom stereocenters. The number of likely N-dealkylation sites (N-methyl/N-ethyl adjacent to an activating group) is 1. The quantitative estimate of drug-likeness (QED) is 0.0419. The maximum absolute atomic E-state index is 6.39. The summed E-state index contributed by atoms with van der Waals surface area (Å²) in [5, 5.41) is 0. The minimum Gasteiger partial charge on any atom is -0.369 e. The zero-order valence-corrected chi connectivity index (χ0v) is 30.8. The first kappa shape index (κ1) is 41.9. The normalized spacial score (nSPS) is 18.6. The van der Waals surface area contributed by atoms with Gasteiger partial charge < -0.3 is 14.0 Å². The molecule has 0 aromatic heterocycles. The van der Waals surface area contributed by atoms with E-state index in [1.54, 1.807) is 0 Å². The molecule has 1 unspecified atom stereocenters. The second kappa shape index (κ2) is 31.4. The van der Waals surface area contributed by atoms with E-state index in [1.165, 1.54) is 141 Å². The third kappa shape index (κ3) is 27.6. The van der Waals surface area contributed by atoms with Crippen LogP contribution >= 0.6 is 0 Å². The number of ether oxygens (including phenoxy) is 2. The summed E-state index contributed by atoms with van der Waals surface area (Å²) >= 11 is 0. The molecule has 0 aliphatic carbocycles. The Morgan fingerprint density at radius 3 is 1.09 bits per heavy atom. The fourth-order valence-corrected chi connectivity index (χ4v) is 6.25. The van der Waals surface area contributed by atoms with Gasteiger partial charge in [0.25, 0.3) is 0 Å². The van der Waals surface area contributed by atoms with E-state index in [0.29, 0.717) is 0 Å². The Morgan fingerprint density at radius 1 is 0.422 bits per heavy atom. The molecule has 0 amide bonds. The average Bonchev–Trinajstić information content (AvgIpc) is 3.32. The van der Waals surface area contributed by atoms with E-state index in [-0.39, 0.29) is 12.2 Å². The van der Waals surface area contributed by atoms with Crippen molar-refractivity contribution in [2.75, 3.05) is 40.4 Å². The van der Waals surface area contributed by atoms with Crippen molar-refractivity contribution in [3.63, 3.8) is 0 Å². The molecule has 1 fully saturated rings. The summed E-state index contributed by atoms with van der Waals surface area (Å²) in [5.41, 5.74) is 0. The van der Waals surface area contributed by atoms with Crippen molar-refractivity contribution in [1.82, 2.24) is 0 Å². The third-order valence-corrected chi connectivity index (χ3v) is 9.12. The Balaban J connectivity index is 1.96. The second-order valence-corrected chi connectivity index (χ2v) is 14.3. The van der Waals surface area contributed by atoms with Gasteiger partial charge in [-0.1, -0.05) is 140 Å². The topological polar surface area (TPSA) is 18.5 Å². The standard InChI is InChI=1S/C42H78NO2/c1-5-7-9-11-13-15-17-19-21-23-25-27-29-31-33-35-37-44-41-39-43(3,4)40-42(41)45-38-36-34-32-30-28-26-24-22-20-18-16-14-12-10-8-6-2/h13-16,19-22,41-42H,5-12,17-18,23-40H2,1-4H3/q+1/b15-13-,16-14-,21-19-,22-20-/t41-,42?/m0/s1. The first-order chi connectivity index (χ1) is 22.1. The molecule has 0 N–H and O–H groups in total. The molecule has 1 aliphatic heterocycles. The minimum absolute atomic E-state index is 0.266. The Morgan fingerprint density at radius 2 is 0.733 bits per heavy atom. The van der Waals surface area contributed by atoms with Crippen LogP contribution in [0.4, 0.5) is 0 Å². The summed E-state index contributed by atoms with van der Waals surface area (Å²) < 4.78 is 13.8. The number of hydrogen-bond donors (Lipinski definition) is 0. The molecule has 3 nitrogen and oxygen atoms in total. The van der Waals surface area contributed by atoms with Crippen molar-refractivity contribution >= 4 is 0 Å². The van der Waals surface area contributed by atoms with Crippen LogP contribution in [0.1, 0.15) is 168 Å². The molecule has 0 spiro atoms. The molecule has 0 aromatic carbocycles. The van der Waals surface area contributed by atoms with Gasteiger partial charge >= 0.3 is 0 Å². The first-order valence-electron chi connectivity index (χ1n) is 19.7. The van der Waals surface area contributed by atoms with E-state index in [0.717, 1.165) is 43.6 Å². The highest BCUT2D eigenvalue weighted by Crippen LogP contribution is 2.22. The summed E-state index contributed by atoms with van der Waals surface area (Å²) in [4.78, 5) is 0. The number of unbranched alkanes of at least 4 members (excludes halogenated alkanes) is 18. The highest BCUT2D eigenvalue weighted by atomic mass is 16.5. The lowest BCUT2D eigenvalue weighted by Crippen LogP contribution is -2.38. The summed E-state index contributed by atoms with van der Waals surface area (Å²) in [6.45, 7) is 8.48. The van der Waals surface area contributed by atoms with Gasteiger partial charge in [0.15, 0.2) is 0 Å². The highest BCUT2D eigenvalue weighted by molar-refractivity contribution is 4.93. The molecule has 1 rings (SSSR count). The van der Waals surface area contributed by atoms with Gasteiger partial charge in [-0.05, 0) is 77.0 Å². The summed E-state index contributed by atoms with van der Waals surface area (Å²) in [5.74, 6) is 0. The van der Waals surface area contributed by atoms with Gasteiger partial charge in [-0.2, -0.15) is 0 Å². The zero-order chi connectivity index (χ0) is 32.5. The molecule has 1 aliphatic rings. The van der Waals surface area contributed by atoms with Gasteiger partial charge in [0.1, 0.15) is 25.3 Å². The van der Waals surface area contributed by atoms with Crippen molar-refractivity contribution < 1.29 is 14.0 Å². The lowest BCUT2D eigenvalue weighted by molar-refractivity contribution is -0.880. The predicted octanol–water partition coefficient (Wildman–Crippen LogP) is 12.5. The maximum atomic E-state index is 6.39.